The third kappa shape index (κ3) is 3.18. The molecule has 134 valence electrons. The highest BCUT2D eigenvalue weighted by Gasteiger charge is 2.47. The van der Waals surface area contributed by atoms with E-state index in [2.05, 4.69) is 11.4 Å². The lowest BCUT2D eigenvalue weighted by molar-refractivity contribution is -0.140. The number of nitrogens with one attached hydrogen (secondary N) is 1. The van der Waals surface area contributed by atoms with Gasteiger partial charge in [0.1, 0.15) is 5.82 Å². The fourth-order valence-corrected chi connectivity index (χ4v) is 4.31. The van der Waals surface area contributed by atoms with Crippen LogP contribution in [-0.2, 0) is 11.0 Å². The number of hydrogen-bond acceptors (Lipinski definition) is 1. The predicted octanol–water partition coefficient (Wildman–Crippen LogP) is 5.17. The van der Waals surface area contributed by atoms with Crippen LogP contribution < -0.4 is 5.32 Å². The van der Waals surface area contributed by atoms with Crippen molar-refractivity contribution >= 4 is 11.6 Å². The smallest absolute Gasteiger partial charge is 0.326 e. The molecular weight excluding hydrogens is 334 g/mol. The molecule has 0 aliphatic heterocycles. The molecule has 3 saturated carbocycles. The van der Waals surface area contributed by atoms with Gasteiger partial charge in [-0.3, -0.25) is 4.79 Å². The Morgan fingerprint density at radius 1 is 1.16 bits per heavy atom. The average Bonchev–Trinajstić information content (AvgIpc) is 3.21. The van der Waals surface area contributed by atoms with Crippen molar-refractivity contribution in [2.45, 2.75) is 38.3 Å². The largest absolute Gasteiger partial charge is 0.419 e. The van der Waals surface area contributed by atoms with Crippen LogP contribution in [-0.4, -0.2) is 5.91 Å². The first-order valence-corrected chi connectivity index (χ1v) is 8.72. The Labute approximate surface area is 143 Å². The number of anilines is 1. The lowest BCUT2D eigenvalue weighted by atomic mass is 9.88. The van der Waals surface area contributed by atoms with Crippen LogP contribution in [0.3, 0.4) is 0 Å². The molecule has 3 aliphatic carbocycles. The number of halogens is 4. The van der Waals surface area contributed by atoms with Gasteiger partial charge in [-0.15, -0.1) is 0 Å². The first kappa shape index (κ1) is 16.6. The van der Waals surface area contributed by atoms with Crippen LogP contribution in [0.25, 0.3) is 0 Å². The summed E-state index contributed by atoms with van der Waals surface area (Å²) >= 11 is 0. The summed E-state index contributed by atoms with van der Waals surface area (Å²) in [6.07, 6.45) is 2.82. The Hall–Kier alpha value is -1.85. The molecule has 3 fully saturated rings. The van der Waals surface area contributed by atoms with E-state index in [0.717, 1.165) is 25.3 Å². The molecule has 0 aromatic heterocycles. The van der Waals surface area contributed by atoms with Crippen molar-refractivity contribution in [1.29, 1.82) is 0 Å². The zero-order valence-corrected chi connectivity index (χ0v) is 13.6. The van der Waals surface area contributed by atoms with Gasteiger partial charge in [0.15, 0.2) is 0 Å². The van der Waals surface area contributed by atoms with Crippen molar-refractivity contribution in [3.05, 3.63) is 41.2 Å². The zero-order valence-electron chi connectivity index (χ0n) is 13.6. The van der Waals surface area contributed by atoms with Crippen molar-refractivity contribution in [1.82, 2.24) is 0 Å². The van der Waals surface area contributed by atoms with E-state index in [1.165, 1.54) is 24.5 Å². The second kappa shape index (κ2) is 5.85. The third-order valence-corrected chi connectivity index (χ3v) is 5.68. The average molecular weight is 353 g/mol. The van der Waals surface area contributed by atoms with E-state index in [0.29, 0.717) is 17.9 Å². The van der Waals surface area contributed by atoms with Crippen LogP contribution >= 0.6 is 0 Å². The van der Waals surface area contributed by atoms with Crippen molar-refractivity contribution in [3.8, 4) is 0 Å². The minimum atomic E-state index is -4.78. The molecule has 6 heteroatoms. The number of fused-ring (bicyclic) bond motifs is 2. The van der Waals surface area contributed by atoms with Crippen molar-refractivity contribution < 1.29 is 22.4 Å². The quantitative estimate of drug-likeness (QED) is 0.590. The molecule has 0 saturated heterocycles. The topological polar surface area (TPSA) is 29.1 Å². The highest BCUT2D eigenvalue weighted by Crippen LogP contribution is 2.54. The Morgan fingerprint density at radius 2 is 1.92 bits per heavy atom. The summed E-state index contributed by atoms with van der Waals surface area (Å²) in [6.45, 7) is 0. The van der Waals surface area contributed by atoms with Gasteiger partial charge in [-0.2, -0.15) is 13.2 Å². The van der Waals surface area contributed by atoms with Crippen molar-refractivity contribution in [3.63, 3.8) is 0 Å². The van der Waals surface area contributed by atoms with Gasteiger partial charge in [-0.1, -0.05) is 11.6 Å². The zero-order chi connectivity index (χ0) is 17.8. The van der Waals surface area contributed by atoms with Crippen molar-refractivity contribution in [2.24, 2.45) is 23.7 Å². The van der Waals surface area contributed by atoms with Gasteiger partial charge in [0.05, 0.1) is 5.56 Å². The molecule has 2 bridgehead atoms. The van der Waals surface area contributed by atoms with Crippen LogP contribution in [0, 0.1) is 29.5 Å². The van der Waals surface area contributed by atoms with Gasteiger partial charge in [-0.25, -0.2) is 4.39 Å². The van der Waals surface area contributed by atoms with E-state index in [9.17, 15) is 22.4 Å². The lowest BCUT2D eigenvalue weighted by Gasteiger charge is -2.20. The number of rotatable bonds is 3. The van der Waals surface area contributed by atoms with E-state index in [4.69, 9.17) is 0 Å². The molecule has 0 spiro atoms. The van der Waals surface area contributed by atoms with Crippen LogP contribution in [0.1, 0.15) is 37.7 Å². The number of hydrogen-bond donors (Lipinski definition) is 1. The Balaban J connectivity index is 1.50. The molecule has 3 aliphatic rings. The number of amides is 1. The summed E-state index contributed by atoms with van der Waals surface area (Å²) < 4.78 is 51.8. The van der Waals surface area contributed by atoms with Crippen molar-refractivity contribution in [2.75, 3.05) is 5.32 Å². The molecule has 0 radical (unpaired) electrons. The molecular formula is C19H19F4NO. The highest BCUT2D eigenvalue weighted by atomic mass is 19.4. The molecule has 1 N–H and O–H groups in total. The lowest BCUT2D eigenvalue weighted by Crippen LogP contribution is -2.27. The Bertz CT molecular complexity index is 735. The van der Waals surface area contributed by atoms with Gasteiger partial charge in [0.25, 0.3) is 0 Å². The molecule has 3 atom stereocenters. The van der Waals surface area contributed by atoms with E-state index < -0.39 is 17.6 Å². The summed E-state index contributed by atoms with van der Waals surface area (Å²) in [5.74, 6) is -0.461. The first-order chi connectivity index (χ1) is 11.8. The number of carbonyl (C=O) groups excluding carboxylic acids is 1. The molecule has 1 aromatic carbocycles. The van der Waals surface area contributed by atoms with Gasteiger partial charge in [-0.05, 0) is 68.1 Å². The second-order valence-corrected chi connectivity index (χ2v) is 7.41. The molecule has 0 heterocycles. The maximum Gasteiger partial charge on any atom is 0.419 e. The number of alkyl halides is 3. The summed E-state index contributed by atoms with van der Waals surface area (Å²) in [7, 11) is 0. The van der Waals surface area contributed by atoms with E-state index >= 15 is 0 Å². The maximum atomic E-state index is 13.4. The summed E-state index contributed by atoms with van der Waals surface area (Å²) in [6, 6.07) is 2.59. The number of allylic oxidation sites excluding steroid dienone is 2. The molecule has 2 nitrogen and oxygen atoms in total. The minimum Gasteiger partial charge on any atom is -0.326 e. The van der Waals surface area contributed by atoms with E-state index in [-0.39, 0.29) is 23.4 Å². The third-order valence-electron chi connectivity index (χ3n) is 5.68. The fraction of sp³-hybridized carbons (Fsp3) is 0.526. The van der Waals surface area contributed by atoms with Gasteiger partial charge < -0.3 is 5.32 Å². The predicted molar refractivity (Wildman–Crippen MR) is 85.2 cm³/mol. The first-order valence-electron chi connectivity index (χ1n) is 8.72. The molecule has 25 heavy (non-hydrogen) atoms. The van der Waals surface area contributed by atoms with Gasteiger partial charge >= 0.3 is 6.18 Å². The molecule has 1 amide bonds. The van der Waals surface area contributed by atoms with E-state index in [1.54, 1.807) is 0 Å². The van der Waals surface area contributed by atoms with Gasteiger partial charge in [0, 0.05) is 11.6 Å². The molecule has 4 rings (SSSR count). The number of benzene rings is 1. The normalized spacial score (nSPS) is 30.1. The number of carbonyl (C=O) groups is 1. The summed E-state index contributed by atoms with van der Waals surface area (Å²) in [5.41, 5.74) is 0.0273. The SMILES string of the molecule is O=C(Nc1ccc(F)c(C(F)(F)F)c1)[C@H]1C[C@H]2CC[C@H]1/C2=C\C1CC1. The summed E-state index contributed by atoms with van der Waals surface area (Å²) in [5, 5.41) is 2.57. The summed E-state index contributed by atoms with van der Waals surface area (Å²) in [4.78, 5) is 12.6. The second-order valence-electron chi connectivity index (χ2n) is 7.41. The highest BCUT2D eigenvalue weighted by molar-refractivity contribution is 5.93. The maximum absolute atomic E-state index is 13.4. The molecule has 1 aromatic rings. The van der Waals surface area contributed by atoms with Crippen LogP contribution in [0.5, 0.6) is 0 Å². The minimum absolute atomic E-state index is 0.00535. The molecule has 0 unspecified atom stereocenters. The Kier molecular flexibility index (Phi) is 3.89. The van der Waals surface area contributed by atoms with Crippen LogP contribution in [0.15, 0.2) is 29.8 Å². The van der Waals surface area contributed by atoms with Gasteiger partial charge in [0.2, 0.25) is 5.91 Å². The van der Waals surface area contributed by atoms with E-state index in [1.807, 2.05) is 0 Å². The fourth-order valence-electron chi connectivity index (χ4n) is 4.31. The Morgan fingerprint density at radius 3 is 2.60 bits per heavy atom. The van der Waals surface area contributed by atoms with Crippen LogP contribution in [0.4, 0.5) is 23.2 Å². The monoisotopic (exact) mass is 353 g/mol. The van der Waals surface area contributed by atoms with Crippen LogP contribution in [0.2, 0.25) is 0 Å². The standard InChI is InChI=1S/C19H19F4NO/c20-17-6-4-12(9-16(17)19(21,22)23)24-18(25)15-8-11-3-5-13(15)14(11)7-10-1-2-10/h4,6-7,9-11,13,15H,1-3,5,8H2,(H,24,25)/b14-7-/t11-,13+,15+/m1/s1.